The van der Waals surface area contributed by atoms with E-state index in [1.807, 2.05) is 28.8 Å². The Bertz CT molecular complexity index is 1490. The molecule has 0 radical (unpaired) electrons. The third kappa shape index (κ3) is 4.66. The number of rotatable bonds is 5. The van der Waals surface area contributed by atoms with E-state index in [1.54, 1.807) is 29.8 Å². The van der Waals surface area contributed by atoms with Gasteiger partial charge < -0.3 is 10.3 Å². The predicted octanol–water partition coefficient (Wildman–Crippen LogP) is 3.83. The third-order valence-corrected chi connectivity index (χ3v) is 6.99. The molecule has 1 saturated carbocycles. The molecule has 3 aromatic heterocycles. The van der Waals surface area contributed by atoms with Crippen LogP contribution in [0.5, 0.6) is 0 Å². The lowest BCUT2D eigenvalue weighted by molar-refractivity contribution is 0.0919. The SMILES string of the molecule is Cc1ncc(Cl)cc1C(=O)N[C@H]1CC[C@H](Cn2c(=O)n(-c3ccc(=O)[nH]c3)c3ccccc32)CC1. The molecule has 0 saturated heterocycles. The molecule has 0 unspecified atom stereocenters. The van der Waals surface area contributed by atoms with E-state index >= 15 is 0 Å². The number of amides is 1. The second-order valence-corrected chi connectivity index (χ2v) is 9.54. The van der Waals surface area contributed by atoms with Crippen molar-refractivity contribution in [3.05, 3.63) is 92.0 Å². The van der Waals surface area contributed by atoms with Crippen molar-refractivity contribution in [3.8, 4) is 5.69 Å². The summed E-state index contributed by atoms with van der Waals surface area (Å²) < 4.78 is 3.46. The number of imidazole rings is 1. The van der Waals surface area contributed by atoms with Crippen molar-refractivity contribution in [2.45, 2.75) is 45.2 Å². The molecule has 35 heavy (non-hydrogen) atoms. The molecule has 1 aliphatic carbocycles. The molecule has 0 bridgehead atoms. The zero-order valence-electron chi connectivity index (χ0n) is 19.3. The number of nitrogens with one attached hydrogen (secondary N) is 2. The van der Waals surface area contributed by atoms with E-state index in [4.69, 9.17) is 11.6 Å². The second-order valence-electron chi connectivity index (χ2n) is 9.11. The van der Waals surface area contributed by atoms with Gasteiger partial charge in [0.25, 0.3) is 5.91 Å². The van der Waals surface area contributed by atoms with Gasteiger partial charge in [-0.1, -0.05) is 23.7 Å². The summed E-state index contributed by atoms with van der Waals surface area (Å²) in [6.07, 6.45) is 6.60. The Morgan fingerprint density at radius 1 is 1.11 bits per heavy atom. The van der Waals surface area contributed by atoms with Gasteiger partial charge in [-0.15, -0.1) is 0 Å². The molecular weight excluding hydrogens is 466 g/mol. The number of hydrogen-bond donors (Lipinski definition) is 2. The van der Waals surface area contributed by atoms with Crippen LogP contribution in [0.15, 0.2) is 64.4 Å². The Balaban J connectivity index is 1.31. The minimum absolute atomic E-state index is 0.0799. The molecule has 2 N–H and O–H groups in total. The van der Waals surface area contributed by atoms with Crippen LogP contribution in [0.25, 0.3) is 16.7 Å². The lowest BCUT2D eigenvalue weighted by Gasteiger charge is -2.29. The molecule has 1 fully saturated rings. The van der Waals surface area contributed by atoms with E-state index < -0.39 is 0 Å². The number of nitrogens with zero attached hydrogens (tertiary/aromatic N) is 3. The Labute approximate surface area is 206 Å². The Morgan fingerprint density at radius 3 is 2.57 bits per heavy atom. The Kier molecular flexibility index (Phi) is 6.30. The van der Waals surface area contributed by atoms with Gasteiger partial charge in [0, 0.05) is 31.0 Å². The van der Waals surface area contributed by atoms with Crippen molar-refractivity contribution < 1.29 is 4.79 Å². The van der Waals surface area contributed by atoms with Crippen LogP contribution < -0.4 is 16.6 Å². The number of aryl methyl sites for hydroxylation is 1. The summed E-state index contributed by atoms with van der Waals surface area (Å²) in [7, 11) is 0. The molecule has 0 atom stereocenters. The maximum absolute atomic E-state index is 13.4. The number of halogens is 1. The highest BCUT2D eigenvalue weighted by atomic mass is 35.5. The van der Waals surface area contributed by atoms with Crippen molar-refractivity contribution in [3.63, 3.8) is 0 Å². The molecule has 1 aliphatic rings. The lowest BCUT2D eigenvalue weighted by Crippen LogP contribution is -2.39. The number of H-pyrrole nitrogens is 1. The maximum atomic E-state index is 13.4. The number of carbonyl (C=O) groups excluding carboxylic acids is 1. The summed E-state index contributed by atoms with van der Waals surface area (Å²) in [5.41, 5.74) is 3.11. The minimum Gasteiger partial charge on any atom is -0.349 e. The van der Waals surface area contributed by atoms with Crippen LogP contribution in [0.3, 0.4) is 0 Å². The van der Waals surface area contributed by atoms with Crippen molar-refractivity contribution in [2.24, 2.45) is 5.92 Å². The highest BCUT2D eigenvalue weighted by Crippen LogP contribution is 2.27. The molecule has 9 heteroatoms. The number of pyridine rings is 2. The van der Waals surface area contributed by atoms with Gasteiger partial charge in [-0.25, -0.2) is 4.79 Å². The molecule has 5 rings (SSSR count). The van der Waals surface area contributed by atoms with E-state index in [0.29, 0.717) is 34.4 Å². The first-order chi connectivity index (χ1) is 16.9. The van der Waals surface area contributed by atoms with Crippen molar-refractivity contribution in [1.29, 1.82) is 0 Å². The fourth-order valence-electron chi connectivity index (χ4n) is 4.92. The van der Waals surface area contributed by atoms with Gasteiger partial charge in [-0.3, -0.25) is 23.7 Å². The smallest absolute Gasteiger partial charge is 0.333 e. The van der Waals surface area contributed by atoms with E-state index in [0.717, 1.165) is 36.7 Å². The Morgan fingerprint density at radius 2 is 1.86 bits per heavy atom. The van der Waals surface area contributed by atoms with Gasteiger partial charge in [-0.2, -0.15) is 0 Å². The van der Waals surface area contributed by atoms with E-state index in [-0.39, 0.29) is 23.2 Å². The van der Waals surface area contributed by atoms with Crippen LogP contribution in [-0.2, 0) is 6.54 Å². The second kappa shape index (κ2) is 9.54. The topological polar surface area (TPSA) is 102 Å². The largest absolute Gasteiger partial charge is 0.349 e. The zero-order chi connectivity index (χ0) is 24.5. The molecular formula is C26H26ClN5O3. The van der Waals surface area contributed by atoms with Crippen LogP contribution in [0, 0.1) is 12.8 Å². The van der Waals surface area contributed by atoms with Crippen molar-refractivity contribution in [1.82, 2.24) is 24.4 Å². The average molecular weight is 492 g/mol. The molecule has 8 nitrogen and oxygen atoms in total. The fourth-order valence-corrected chi connectivity index (χ4v) is 5.08. The zero-order valence-corrected chi connectivity index (χ0v) is 20.1. The van der Waals surface area contributed by atoms with Crippen LogP contribution in [0.1, 0.15) is 41.7 Å². The van der Waals surface area contributed by atoms with Crippen molar-refractivity contribution in [2.75, 3.05) is 0 Å². The summed E-state index contributed by atoms with van der Waals surface area (Å²) in [4.78, 5) is 44.5. The number of aromatic amines is 1. The first-order valence-corrected chi connectivity index (χ1v) is 12.1. The van der Waals surface area contributed by atoms with E-state index in [9.17, 15) is 14.4 Å². The van der Waals surface area contributed by atoms with Crippen LogP contribution >= 0.6 is 11.6 Å². The summed E-state index contributed by atoms with van der Waals surface area (Å²) in [5.74, 6) is 0.173. The molecule has 180 valence electrons. The highest BCUT2D eigenvalue weighted by Gasteiger charge is 2.25. The Hall–Kier alpha value is -3.65. The first kappa shape index (κ1) is 23.1. The molecule has 0 spiro atoms. The van der Waals surface area contributed by atoms with Gasteiger partial charge in [0.05, 0.1) is 33.0 Å². The van der Waals surface area contributed by atoms with E-state index in [2.05, 4.69) is 15.3 Å². The molecule has 1 aromatic carbocycles. The number of benzene rings is 1. The fraction of sp³-hybridized carbons (Fsp3) is 0.308. The van der Waals surface area contributed by atoms with Gasteiger partial charge >= 0.3 is 5.69 Å². The molecule has 4 aromatic rings. The van der Waals surface area contributed by atoms with Crippen LogP contribution in [-0.4, -0.2) is 31.1 Å². The first-order valence-electron chi connectivity index (χ1n) is 11.7. The number of fused-ring (bicyclic) bond motifs is 1. The molecule has 0 aliphatic heterocycles. The summed E-state index contributed by atoms with van der Waals surface area (Å²) in [5, 5.41) is 3.56. The summed E-state index contributed by atoms with van der Waals surface area (Å²) in [6, 6.07) is 12.5. The van der Waals surface area contributed by atoms with Crippen molar-refractivity contribution >= 4 is 28.5 Å². The third-order valence-electron chi connectivity index (χ3n) is 6.78. The summed E-state index contributed by atoms with van der Waals surface area (Å²) >= 11 is 6.01. The lowest BCUT2D eigenvalue weighted by atomic mass is 9.85. The monoisotopic (exact) mass is 491 g/mol. The van der Waals surface area contributed by atoms with Gasteiger partial charge in [0.2, 0.25) is 5.56 Å². The number of aromatic nitrogens is 4. The van der Waals surface area contributed by atoms with Gasteiger partial charge in [0.15, 0.2) is 0 Å². The molecule has 3 heterocycles. The van der Waals surface area contributed by atoms with Gasteiger partial charge in [-0.05, 0) is 62.8 Å². The number of carbonyl (C=O) groups is 1. The maximum Gasteiger partial charge on any atom is 0.333 e. The standard InChI is InChI=1S/C26H26ClN5O3/c1-16-21(12-18(27)13-28-16)25(34)30-19-8-6-17(7-9-19)15-31-22-4-2-3-5-23(22)32(26(31)35)20-10-11-24(33)29-14-20/h2-5,10-14,17,19H,6-9,15H2,1H3,(H,29,33)(H,30,34)/t17-,19-. The number of para-hydroxylation sites is 2. The van der Waals surface area contributed by atoms with E-state index in [1.165, 1.54) is 12.3 Å². The number of hydrogen-bond acceptors (Lipinski definition) is 4. The van der Waals surface area contributed by atoms with Gasteiger partial charge in [0.1, 0.15) is 0 Å². The highest BCUT2D eigenvalue weighted by molar-refractivity contribution is 6.30. The average Bonchev–Trinajstić information content (AvgIpc) is 3.13. The quantitative estimate of drug-likeness (QED) is 0.443. The minimum atomic E-state index is -0.212. The molecule has 1 amide bonds. The summed E-state index contributed by atoms with van der Waals surface area (Å²) in [6.45, 7) is 2.40. The predicted molar refractivity (Wildman–Crippen MR) is 135 cm³/mol. The van der Waals surface area contributed by atoms with Crippen LogP contribution in [0.4, 0.5) is 0 Å². The van der Waals surface area contributed by atoms with Crippen LogP contribution in [0.2, 0.25) is 5.02 Å². The normalized spacial score (nSPS) is 18.0.